The number of alkyl halides is 1. The molecule has 0 spiro atoms. The van der Waals surface area contributed by atoms with Gasteiger partial charge in [0, 0.05) is 21.7 Å². The SMILES string of the molecule is O=[N+]([O-])C1CCC(I)CC1. The first-order valence-corrected chi connectivity index (χ1v) is 4.72. The van der Waals surface area contributed by atoms with Gasteiger partial charge in [-0.05, 0) is 12.8 Å². The highest BCUT2D eigenvalue weighted by molar-refractivity contribution is 14.1. The third-order valence-corrected chi connectivity index (χ3v) is 3.17. The van der Waals surface area contributed by atoms with E-state index in [0.717, 1.165) is 25.7 Å². The summed E-state index contributed by atoms with van der Waals surface area (Å²) < 4.78 is 0.675. The van der Waals surface area contributed by atoms with E-state index in [1.807, 2.05) is 0 Å². The minimum absolute atomic E-state index is 0.136. The van der Waals surface area contributed by atoms with E-state index in [9.17, 15) is 10.1 Å². The monoisotopic (exact) mass is 255 g/mol. The van der Waals surface area contributed by atoms with Gasteiger partial charge in [0.25, 0.3) is 0 Å². The molecule has 1 aliphatic carbocycles. The first-order valence-electron chi connectivity index (χ1n) is 3.47. The minimum atomic E-state index is -0.244. The Bertz CT molecular complexity index is 132. The first-order chi connectivity index (χ1) is 4.70. The van der Waals surface area contributed by atoms with Crippen LogP contribution in [0.25, 0.3) is 0 Å². The Morgan fingerprint density at radius 2 is 1.80 bits per heavy atom. The second-order valence-corrected chi connectivity index (χ2v) is 4.45. The predicted octanol–water partition coefficient (Wildman–Crippen LogP) is 2.01. The molecule has 0 aromatic rings. The van der Waals surface area contributed by atoms with Crippen LogP contribution in [0.3, 0.4) is 0 Å². The summed E-state index contributed by atoms with van der Waals surface area (Å²) in [4.78, 5) is 10.1. The van der Waals surface area contributed by atoms with E-state index in [2.05, 4.69) is 22.6 Å². The Hall–Kier alpha value is 0.130. The van der Waals surface area contributed by atoms with Crippen LogP contribution in [0.1, 0.15) is 25.7 Å². The third-order valence-electron chi connectivity index (χ3n) is 1.92. The summed E-state index contributed by atoms with van der Waals surface area (Å²) in [6, 6.07) is -0.244. The highest BCUT2D eigenvalue weighted by atomic mass is 127. The van der Waals surface area contributed by atoms with Gasteiger partial charge in [-0.2, -0.15) is 0 Å². The molecule has 0 aromatic carbocycles. The topological polar surface area (TPSA) is 43.1 Å². The summed E-state index contributed by atoms with van der Waals surface area (Å²) in [5.74, 6) is 0. The predicted molar refractivity (Wildman–Crippen MR) is 47.1 cm³/mol. The summed E-state index contributed by atoms with van der Waals surface area (Å²) in [5, 5.41) is 10.3. The summed E-state index contributed by atoms with van der Waals surface area (Å²) >= 11 is 2.37. The molecule has 0 aromatic heterocycles. The molecule has 4 heteroatoms. The van der Waals surface area contributed by atoms with Crippen molar-refractivity contribution in [2.45, 2.75) is 35.6 Å². The van der Waals surface area contributed by atoms with Crippen molar-refractivity contribution in [3.05, 3.63) is 10.1 Å². The van der Waals surface area contributed by atoms with Gasteiger partial charge in [0.05, 0.1) is 0 Å². The van der Waals surface area contributed by atoms with Crippen LogP contribution in [0.5, 0.6) is 0 Å². The Labute approximate surface area is 73.5 Å². The molecule has 0 amide bonds. The van der Waals surface area contributed by atoms with E-state index in [-0.39, 0.29) is 11.0 Å². The largest absolute Gasteiger partial charge is 0.264 e. The normalized spacial score (nSPS) is 33.7. The molecular formula is C6H10INO2. The molecule has 58 valence electrons. The molecule has 0 bridgehead atoms. The molecule has 1 fully saturated rings. The lowest BCUT2D eigenvalue weighted by Gasteiger charge is -2.18. The van der Waals surface area contributed by atoms with Crippen molar-refractivity contribution in [3.8, 4) is 0 Å². The van der Waals surface area contributed by atoms with Crippen LogP contribution in [0.15, 0.2) is 0 Å². The molecule has 1 aliphatic rings. The second kappa shape index (κ2) is 3.50. The van der Waals surface area contributed by atoms with Crippen LogP contribution >= 0.6 is 22.6 Å². The highest BCUT2D eigenvalue weighted by Gasteiger charge is 2.26. The average Bonchev–Trinajstić information content (AvgIpc) is 1.88. The summed E-state index contributed by atoms with van der Waals surface area (Å²) in [7, 11) is 0. The molecule has 1 saturated carbocycles. The molecule has 0 heterocycles. The molecule has 3 nitrogen and oxygen atoms in total. The fourth-order valence-corrected chi connectivity index (χ4v) is 1.97. The van der Waals surface area contributed by atoms with Gasteiger partial charge < -0.3 is 0 Å². The maximum absolute atomic E-state index is 10.3. The lowest BCUT2D eigenvalue weighted by molar-refractivity contribution is -0.526. The summed E-state index contributed by atoms with van der Waals surface area (Å²) in [6.45, 7) is 0. The van der Waals surface area contributed by atoms with Crippen molar-refractivity contribution in [3.63, 3.8) is 0 Å². The van der Waals surface area contributed by atoms with Crippen LogP contribution in [-0.2, 0) is 0 Å². The van der Waals surface area contributed by atoms with Crippen LogP contribution in [-0.4, -0.2) is 14.9 Å². The molecule has 0 N–H and O–H groups in total. The average molecular weight is 255 g/mol. The molecule has 10 heavy (non-hydrogen) atoms. The van der Waals surface area contributed by atoms with Crippen LogP contribution in [0.4, 0.5) is 0 Å². The fraction of sp³-hybridized carbons (Fsp3) is 1.00. The lowest BCUT2D eigenvalue weighted by Crippen LogP contribution is -2.25. The molecule has 1 rings (SSSR count). The van der Waals surface area contributed by atoms with Crippen molar-refractivity contribution in [2.75, 3.05) is 0 Å². The molecule has 0 unspecified atom stereocenters. The van der Waals surface area contributed by atoms with Gasteiger partial charge in [-0.25, -0.2) is 0 Å². The smallest absolute Gasteiger partial charge is 0.213 e. The fourth-order valence-electron chi connectivity index (χ4n) is 1.25. The van der Waals surface area contributed by atoms with E-state index in [1.54, 1.807) is 0 Å². The number of nitro groups is 1. The first kappa shape index (κ1) is 8.23. The number of rotatable bonds is 1. The second-order valence-electron chi connectivity index (χ2n) is 2.69. The third kappa shape index (κ3) is 2.07. The molecule has 0 saturated heterocycles. The Morgan fingerprint density at radius 1 is 1.30 bits per heavy atom. The maximum atomic E-state index is 10.3. The zero-order valence-electron chi connectivity index (χ0n) is 5.62. The van der Waals surface area contributed by atoms with Gasteiger partial charge >= 0.3 is 0 Å². The van der Waals surface area contributed by atoms with Gasteiger partial charge in [0.15, 0.2) is 0 Å². The van der Waals surface area contributed by atoms with Crippen molar-refractivity contribution in [1.82, 2.24) is 0 Å². The van der Waals surface area contributed by atoms with Crippen molar-refractivity contribution < 1.29 is 4.92 Å². The van der Waals surface area contributed by atoms with Crippen molar-refractivity contribution in [2.24, 2.45) is 0 Å². The number of hydrogen-bond acceptors (Lipinski definition) is 2. The van der Waals surface area contributed by atoms with Gasteiger partial charge in [-0.1, -0.05) is 22.6 Å². The van der Waals surface area contributed by atoms with Crippen LogP contribution < -0.4 is 0 Å². The van der Waals surface area contributed by atoms with Gasteiger partial charge in [-0.15, -0.1) is 0 Å². The van der Waals surface area contributed by atoms with E-state index in [0.29, 0.717) is 3.92 Å². The van der Waals surface area contributed by atoms with E-state index in [1.165, 1.54) is 0 Å². The van der Waals surface area contributed by atoms with E-state index in [4.69, 9.17) is 0 Å². The zero-order chi connectivity index (χ0) is 7.56. The minimum Gasteiger partial charge on any atom is -0.264 e. The molecule has 0 aliphatic heterocycles. The highest BCUT2D eigenvalue weighted by Crippen LogP contribution is 2.25. The molecule has 0 atom stereocenters. The van der Waals surface area contributed by atoms with Gasteiger partial charge in [0.1, 0.15) is 0 Å². The standard InChI is InChI=1S/C6H10INO2/c7-5-1-3-6(4-2-5)8(9)10/h5-6H,1-4H2. The number of nitrogens with zero attached hydrogens (tertiary/aromatic N) is 1. The Kier molecular flexibility index (Phi) is 2.88. The van der Waals surface area contributed by atoms with Crippen molar-refractivity contribution >= 4 is 22.6 Å². The molecular weight excluding hydrogens is 245 g/mol. The van der Waals surface area contributed by atoms with E-state index >= 15 is 0 Å². The quantitative estimate of drug-likeness (QED) is 0.311. The Balaban J connectivity index is 2.33. The maximum Gasteiger partial charge on any atom is 0.213 e. The van der Waals surface area contributed by atoms with Crippen LogP contribution in [0, 0.1) is 10.1 Å². The number of hydrogen-bond donors (Lipinski definition) is 0. The van der Waals surface area contributed by atoms with Crippen LogP contribution in [0.2, 0.25) is 0 Å². The zero-order valence-corrected chi connectivity index (χ0v) is 7.78. The number of halogens is 1. The van der Waals surface area contributed by atoms with Gasteiger partial charge in [-0.3, -0.25) is 10.1 Å². The van der Waals surface area contributed by atoms with E-state index < -0.39 is 0 Å². The van der Waals surface area contributed by atoms with Crippen molar-refractivity contribution in [1.29, 1.82) is 0 Å². The summed E-state index contributed by atoms with van der Waals surface area (Å²) in [6.07, 6.45) is 3.60. The molecule has 0 radical (unpaired) electrons. The lowest BCUT2D eigenvalue weighted by atomic mass is 9.96. The summed E-state index contributed by atoms with van der Waals surface area (Å²) in [5.41, 5.74) is 0. The Morgan fingerprint density at radius 3 is 2.20 bits per heavy atom. The van der Waals surface area contributed by atoms with Gasteiger partial charge in [0.2, 0.25) is 6.04 Å².